The lowest BCUT2D eigenvalue weighted by Gasteiger charge is -2.20. The molecule has 3 rings (SSSR count). The number of hydrogen-bond donors (Lipinski definition) is 1. The van der Waals surface area contributed by atoms with Crippen molar-refractivity contribution >= 4 is 21.7 Å². The molecule has 1 atom stereocenters. The van der Waals surface area contributed by atoms with Crippen LogP contribution in [0.25, 0.3) is 0 Å². The average Bonchev–Trinajstić information content (AvgIpc) is 2.90. The van der Waals surface area contributed by atoms with Gasteiger partial charge in [-0.05, 0) is 23.8 Å². The number of carboxylic acid groups (broad SMARTS) is 1. The van der Waals surface area contributed by atoms with E-state index in [2.05, 4.69) is 0 Å². The zero-order valence-electron chi connectivity index (χ0n) is 11.3. The Bertz CT molecular complexity index is 836. The third-order valence-electron chi connectivity index (χ3n) is 3.62. The summed E-state index contributed by atoms with van der Waals surface area (Å²) in [5, 5.41) is 9.26. The second-order valence-corrected chi connectivity index (χ2v) is 6.78. The molecule has 7 heteroatoms. The van der Waals surface area contributed by atoms with E-state index in [1.807, 2.05) is 0 Å². The summed E-state index contributed by atoms with van der Waals surface area (Å²) in [6.07, 6.45) is 0. The first kappa shape index (κ1) is 14.5. The average molecular weight is 321 g/mol. The molecule has 114 valence electrons. The smallest absolute Gasteiger partial charge is 0.312 e. The Balaban J connectivity index is 2.17. The molecular formula is C15H12FNO4S. The number of rotatable bonds is 3. The molecule has 0 fully saturated rings. The molecule has 0 radical (unpaired) electrons. The quantitative estimate of drug-likeness (QED) is 0.940. The van der Waals surface area contributed by atoms with E-state index in [-0.39, 0.29) is 22.7 Å². The largest absolute Gasteiger partial charge is 0.481 e. The molecule has 1 N–H and O–H groups in total. The van der Waals surface area contributed by atoms with Gasteiger partial charge in [0.2, 0.25) is 0 Å². The van der Waals surface area contributed by atoms with Gasteiger partial charge in [-0.25, -0.2) is 12.8 Å². The zero-order valence-corrected chi connectivity index (χ0v) is 12.1. The van der Waals surface area contributed by atoms with Crippen LogP contribution in [0, 0.1) is 5.82 Å². The highest BCUT2D eigenvalue weighted by atomic mass is 32.2. The second-order valence-electron chi connectivity index (χ2n) is 4.92. The van der Waals surface area contributed by atoms with Crippen LogP contribution in [0.4, 0.5) is 10.1 Å². The number of aliphatic carboxylic acids is 1. The molecule has 0 spiro atoms. The molecule has 1 aliphatic rings. The summed E-state index contributed by atoms with van der Waals surface area (Å²) in [6.45, 7) is -0.317. The first-order valence-electron chi connectivity index (χ1n) is 6.52. The van der Waals surface area contributed by atoms with Crippen molar-refractivity contribution < 1.29 is 22.7 Å². The minimum Gasteiger partial charge on any atom is -0.481 e. The van der Waals surface area contributed by atoms with Gasteiger partial charge in [-0.2, -0.15) is 0 Å². The summed E-state index contributed by atoms with van der Waals surface area (Å²) >= 11 is 0. The van der Waals surface area contributed by atoms with E-state index in [1.165, 1.54) is 24.3 Å². The van der Waals surface area contributed by atoms with Crippen LogP contribution in [0.15, 0.2) is 53.4 Å². The Morgan fingerprint density at radius 3 is 2.45 bits per heavy atom. The molecule has 2 aromatic rings. The molecule has 5 nitrogen and oxygen atoms in total. The number of carbonyl (C=O) groups is 1. The fourth-order valence-electron chi connectivity index (χ4n) is 2.58. The standard InChI is InChI=1S/C15H12FNO4S/c16-13-8-4-7-11-12(15(18)19)9-17(14(11)13)22(20,21)10-5-2-1-3-6-10/h1-8,12H,9H2,(H,18,19). The first-order chi connectivity index (χ1) is 10.4. The van der Waals surface area contributed by atoms with Crippen molar-refractivity contribution in [2.45, 2.75) is 10.8 Å². The number of anilines is 1. The lowest BCUT2D eigenvalue weighted by molar-refractivity contribution is -0.138. The molecule has 0 amide bonds. The van der Waals surface area contributed by atoms with Gasteiger partial charge in [-0.15, -0.1) is 0 Å². The highest BCUT2D eigenvalue weighted by molar-refractivity contribution is 7.92. The van der Waals surface area contributed by atoms with E-state index < -0.39 is 27.7 Å². The molecule has 0 bridgehead atoms. The maximum Gasteiger partial charge on any atom is 0.312 e. The molecule has 0 saturated carbocycles. The van der Waals surface area contributed by atoms with E-state index in [4.69, 9.17) is 0 Å². The molecule has 22 heavy (non-hydrogen) atoms. The van der Waals surface area contributed by atoms with Crippen LogP contribution in [-0.2, 0) is 14.8 Å². The summed E-state index contributed by atoms with van der Waals surface area (Å²) < 4.78 is 40.3. The molecule has 0 aliphatic carbocycles. The predicted octanol–water partition coefficient (Wildman–Crippen LogP) is 2.20. The van der Waals surface area contributed by atoms with Crippen LogP contribution in [0.3, 0.4) is 0 Å². The molecule has 2 aromatic carbocycles. The predicted molar refractivity (Wildman–Crippen MR) is 77.8 cm³/mol. The fourth-order valence-corrected chi connectivity index (χ4v) is 4.11. The van der Waals surface area contributed by atoms with Crippen molar-refractivity contribution in [2.24, 2.45) is 0 Å². The van der Waals surface area contributed by atoms with Crippen molar-refractivity contribution in [2.75, 3.05) is 10.8 Å². The van der Waals surface area contributed by atoms with Gasteiger partial charge in [0.05, 0.1) is 17.1 Å². The van der Waals surface area contributed by atoms with Gasteiger partial charge in [-0.3, -0.25) is 9.10 Å². The van der Waals surface area contributed by atoms with Crippen LogP contribution < -0.4 is 4.31 Å². The summed E-state index contributed by atoms with van der Waals surface area (Å²) in [5.41, 5.74) is -0.00856. The van der Waals surface area contributed by atoms with Gasteiger partial charge < -0.3 is 5.11 Å². The highest BCUT2D eigenvalue weighted by Crippen LogP contribution is 2.41. The number of hydrogen-bond acceptors (Lipinski definition) is 3. The van der Waals surface area contributed by atoms with Gasteiger partial charge in [0.15, 0.2) is 0 Å². The number of sulfonamides is 1. The number of nitrogens with zero attached hydrogens (tertiary/aromatic N) is 1. The van der Waals surface area contributed by atoms with E-state index >= 15 is 0 Å². The molecule has 1 aliphatic heterocycles. The fraction of sp³-hybridized carbons (Fsp3) is 0.133. The first-order valence-corrected chi connectivity index (χ1v) is 7.96. The van der Waals surface area contributed by atoms with Crippen LogP contribution in [0.2, 0.25) is 0 Å². The summed E-state index contributed by atoms with van der Waals surface area (Å²) in [7, 11) is -4.01. The Labute approximate surface area is 126 Å². The number of fused-ring (bicyclic) bond motifs is 1. The highest BCUT2D eigenvalue weighted by Gasteiger charge is 2.41. The zero-order chi connectivity index (χ0) is 15.9. The maximum absolute atomic E-state index is 14.1. The molecular weight excluding hydrogens is 309 g/mol. The Morgan fingerprint density at radius 2 is 1.82 bits per heavy atom. The summed E-state index contributed by atoms with van der Waals surface area (Å²) in [5.74, 6) is -3.01. The van der Waals surface area contributed by atoms with E-state index in [9.17, 15) is 22.7 Å². The lowest BCUT2D eigenvalue weighted by Crippen LogP contribution is -2.31. The number of benzene rings is 2. The SMILES string of the molecule is O=C(O)C1CN(S(=O)(=O)c2ccccc2)c2c(F)cccc21. The Morgan fingerprint density at radius 1 is 1.14 bits per heavy atom. The van der Waals surface area contributed by atoms with E-state index in [0.717, 1.165) is 10.4 Å². The van der Waals surface area contributed by atoms with Crippen molar-refractivity contribution in [3.63, 3.8) is 0 Å². The number of halogens is 1. The van der Waals surface area contributed by atoms with Crippen molar-refractivity contribution in [3.8, 4) is 0 Å². The van der Waals surface area contributed by atoms with Crippen LogP contribution >= 0.6 is 0 Å². The second kappa shape index (κ2) is 5.10. The van der Waals surface area contributed by atoms with Crippen LogP contribution in [0.1, 0.15) is 11.5 Å². The monoisotopic (exact) mass is 321 g/mol. The molecule has 1 unspecified atom stereocenters. The van der Waals surface area contributed by atoms with Crippen LogP contribution in [-0.4, -0.2) is 26.0 Å². The van der Waals surface area contributed by atoms with Gasteiger partial charge in [-0.1, -0.05) is 30.3 Å². The number of para-hydroxylation sites is 1. The van der Waals surface area contributed by atoms with E-state index in [0.29, 0.717) is 0 Å². The minimum absolute atomic E-state index is 0.00441. The Kier molecular flexibility index (Phi) is 3.37. The molecule has 0 aromatic heterocycles. The minimum atomic E-state index is -4.01. The maximum atomic E-state index is 14.1. The summed E-state index contributed by atoms with van der Waals surface area (Å²) in [6, 6.07) is 11.5. The topological polar surface area (TPSA) is 74.7 Å². The van der Waals surface area contributed by atoms with Crippen molar-refractivity contribution in [1.82, 2.24) is 0 Å². The molecule has 0 saturated heterocycles. The third-order valence-corrected chi connectivity index (χ3v) is 5.40. The van der Waals surface area contributed by atoms with E-state index in [1.54, 1.807) is 18.2 Å². The van der Waals surface area contributed by atoms with Crippen molar-refractivity contribution in [3.05, 3.63) is 59.9 Å². The molecule has 1 heterocycles. The Hall–Kier alpha value is -2.41. The van der Waals surface area contributed by atoms with Gasteiger partial charge in [0, 0.05) is 0 Å². The number of carboxylic acids is 1. The van der Waals surface area contributed by atoms with Gasteiger partial charge in [0.1, 0.15) is 11.7 Å². The van der Waals surface area contributed by atoms with Gasteiger partial charge in [0.25, 0.3) is 10.0 Å². The summed E-state index contributed by atoms with van der Waals surface area (Å²) in [4.78, 5) is 11.3. The normalized spacial score (nSPS) is 17.3. The third kappa shape index (κ3) is 2.14. The van der Waals surface area contributed by atoms with Crippen LogP contribution in [0.5, 0.6) is 0 Å². The lowest BCUT2D eigenvalue weighted by atomic mass is 10.0. The van der Waals surface area contributed by atoms with Gasteiger partial charge >= 0.3 is 5.97 Å². The van der Waals surface area contributed by atoms with Crippen molar-refractivity contribution in [1.29, 1.82) is 0 Å².